The zero-order valence-electron chi connectivity index (χ0n) is 21.6. The molecule has 38 heavy (non-hydrogen) atoms. The van der Waals surface area contributed by atoms with Crippen molar-refractivity contribution in [3.8, 4) is 0 Å². The van der Waals surface area contributed by atoms with E-state index in [9.17, 15) is 9.59 Å². The molecule has 0 amide bonds. The molecule has 4 nitrogen and oxygen atoms in total. The first kappa shape index (κ1) is 37.8. The second-order valence-electron chi connectivity index (χ2n) is 7.21. The molecule has 4 saturated carbocycles. The summed E-state index contributed by atoms with van der Waals surface area (Å²) in [7, 11) is 0. The van der Waals surface area contributed by atoms with E-state index in [0.717, 1.165) is 11.8 Å². The Labute approximate surface area is 258 Å². The van der Waals surface area contributed by atoms with Crippen LogP contribution in [0.3, 0.4) is 0 Å². The third-order valence-electron chi connectivity index (χ3n) is 4.75. The van der Waals surface area contributed by atoms with Crippen molar-refractivity contribution in [2.45, 2.75) is 13.8 Å². The minimum Gasteiger partial charge on any atom is -0.463 e. The van der Waals surface area contributed by atoms with Crippen molar-refractivity contribution in [2.24, 2.45) is 0 Å². The van der Waals surface area contributed by atoms with Gasteiger partial charge >= 0.3 is 46.1 Å². The molecule has 20 radical (unpaired) electrons. The van der Waals surface area contributed by atoms with Gasteiger partial charge in [-0.1, -0.05) is 0 Å². The zero-order valence-corrected chi connectivity index (χ0v) is 24.7. The van der Waals surface area contributed by atoms with Gasteiger partial charge < -0.3 is 9.47 Å². The molecule has 0 atom stereocenters. The largest absolute Gasteiger partial charge is 2.00 e. The minimum atomic E-state index is -0.447. The molecule has 7 heteroatoms. The van der Waals surface area contributed by atoms with Gasteiger partial charge in [0.25, 0.3) is 0 Å². The van der Waals surface area contributed by atoms with E-state index in [2.05, 4.69) is 0 Å². The Bertz CT molecular complexity index is 677. The van der Waals surface area contributed by atoms with Gasteiger partial charge in [-0.05, 0) is 147 Å². The first-order valence-corrected chi connectivity index (χ1v) is 13.0. The van der Waals surface area contributed by atoms with Crippen LogP contribution >= 0.6 is 11.8 Å². The van der Waals surface area contributed by atoms with Crippen LogP contribution in [-0.2, 0) is 53.2 Å². The predicted molar refractivity (Wildman–Crippen MR) is 146 cm³/mol. The van der Waals surface area contributed by atoms with Gasteiger partial charge in [-0.15, -0.1) is 11.8 Å². The van der Waals surface area contributed by atoms with Crippen LogP contribution in [-0.4, -0.2) is 31.4 Å². The molecule has 4 rings (SSSR count). The number of rotatable bonds is 8. The summed E-state index contributed by atoms with van der Waals surface area (Å²) in [5, 5.41) is 0. The van der Waals surface area contributed by atoms with E-state index >= 15 is 0 Å². The van der Waals surface area contributed by atoms with Crippen LogP contribution in [0.25, 0.3) is 0 Å². The summed E-state index contributed by atoms with van der Waals surface area (Å²) < 4.78 is 10.3. The average Bonchev–Trinajstić information content (AvgIpc) is 3.70. The van der Waals surface area contributed by atoms with Crippen molar-refractivity contribution in [3.63, 3.8) is 0 Å². The molecule has 198 valence electrons. The molecule has 0 aliphatic heterocycles. The van der Waals surface area contributed by atoms with Gasteiger partial charge in [-0.25, -0.2) is 9.59 Å². The Morgan fingerprint density at radius 1 is 0.658 bits per heavy atom. The van der Waals surface area contributed by atoms with E-state index in [-0.39, 0.29) is 47.4 Å². The fourth-order valence-corrected chi connectivity index (χ4v) is 3.89. The molecular weight excluding hydrogens is 580 g/mol. The molecule has 0 aromatic carbocycles. The average molecular weight is 612 g/mol. The van der Waals surface area contributed by atoms with Crippen molar-refractivity contribution in [3.05, 3.63) is 150 Å². The molecule has 4 aliphatic rings. The second kappa shape index (κ2) is 23.5. The van der Waals surface area contributed by atoms with Crippen LogP contribution < -0.4 is 0 Å². The maximum Gasteiger partial charge on any atom is 2.00 e. The first-order chi connectivity index (χ1) is 17.6. The van der Waals surface area contributed by atoms with Gasteiger partial charge in [0.15, 0.2) is 0 Å². The quantitative estimate of drug-likeness (QED) is 0.157. The van der Waals surface area contributed by atoms with Gasteiger partial charge in [-0.2, -0.15) is 0 Å². The molecule has 0 aromatic heterocycles. The van der Waals surface area contributed by atoms with E-state index in [1.54, 1.807) is 13.8 Å². The molecule has 4 aliphatic carbocycles. The first-order valence-electron chi connectivity index (χ1n) is 11.7. The van der Waals surface area contributed by atoms with Crippen LogP contribution in [0.5, 0.6) is 0 Å². The van der Waals surface area contributed by atoms with Crippen molar-refractivity contribution in [1.29, 1.82) is 0 Å². The number of esters is 2. The summed E-state index contributed by atoms with van der Waals surface area (Å²) in [6.45, 7) is 4.09. The maximum absolute atomic E-state index is 12.6. The monoisotopic (exact) mass is 612 g/mol. The molecular formula is C31H32Fe2O4S+4. The van der Waals surface area contributed by atoms with Crippen LogP contribution in [0.4, 0.5) is 0 Å². The standard InChI is InChI=1S/C21H22O4S.2C5H5.2Fe/c1-4-24-18(22)14-17(15-10-6-7-11-15)19(16-12-8-9-13-16)20(26-3)21(23)25-5-2;2*1-2-4-5-3-1;;/h6-14H,4-5H2,1-3H3;2*1-5H;;/q;;;2*+2/b17-14-,20-19+;;;;. The van der Waals surface area contributed by atoms with Crippen molar-refractivity contribution < 1.29 is 53.2 Å². The van der Waals surface area contributed by atoms with Crippen molar-refractivity contribution in [2.75, 3.05) is 19.5 Å². The van der Waals surface area contributed by atoms with Crippen molar-refractivity contribution >= 4 is 23.7 Å². The number of hydrogen-bond acceptors (Lipinski definition) is 5. The summed E-state index contributed by atoms with van der Waals surface area (Å²) in [6, 6.07) is 0. The van der Waals surface area contributed by atoms with Gasteiger partial charge in [0.1, 0.15) is 0 Å². The Morgan fingerprint density at radius 2 is 1.05 bits per heavy atom. The topological polar surface area (TPSA) is 52.6 Å². The fraction of sp³-hybridized carbons (Fsp3) is 0.161. The smallest absolute Gasteiger partial charge is 0.463 e. The molecule has 0 N–H and O–H groups in total. The SMILES string of the molecule is CCOC(=O)/C=C([C]1[CH][CH][CH][CH]1)\C([C]1[CH][CH][CH][CH]1)=C(\SC)C(=O)OCC.[CH]1[CH][CH][CH][CH]1.[CH]1[CH][CH][CH][CH]1.[Fe+2].[Fe+2]. The summed E-state index contributed by atoms with van der Waals surface area (Å²) >= 11 is 1.30. The molecule has 0 bridgehead atoms. The number of thioether (sulfide) groups is 1. The fourth-order valence-electron chi connectivity index (χ4n) is 3.23. The molecule has 4 fully saturated rings. The number of ether oxygens (including phenoxy) is 2. The molecule has 0 saturated heterocycles. The maximum atomic E-state index is 12.6. The second-order valence-corrected chi connectivity index (χ2v) is 8.03. The third-order valence-corrected chi connectivity index (χ3v) is 5.53. The number of carbonyl (C=O) groups is 2. The van der Waals surface area contributed by atoms with Crippen molar-refractivity contribution in [1.82, 2.24) is 0 Å². The molecule has 0 unspecified atom stereocenters. The Kier molecular flexibility index (Phi) is 23.4. The van der Waals surface area contributed by atoms with E-state index in [1.165, 1.54) is 17.8 Å². The van der Waals surface area contributed by atoms with Gasteiger partial charge in [0, 0.05) is 17.9 Å². The normalized spacial score (nSPS) is 20.1. The minimum absolute atomic E-state index is 0. The van der Waals surface area contributed by atoms with E-state index < -0.39 is 11.9 Å². The molecule has 0 aromatic rings. The summed E-state index contributed by atoms with van der Waals surface area (Å²) in [5.41, 5.74) is 1.30. The van der Waals surface area contributed by atoms with E-state index in [0.29, 0.717) is 16.1 Å². The van der Waals surface area contributed by atoms with Crippen LogP contribution in [0.1, 0.15) is 13.8 Å². The van der Waals surface area contributed by atoms with E-state index in [1.807, 2.05) is 122 Å². The Hall–Kier alpha value is -0.191. The van der Waals surface area contributed by atoms with Gasteiger partial charge in [-0.3, -0.25) is 0 Å². The third kappa shape index (κ3) is 13.9. The number of hydrogen-bond donors (Lipinski definition) is 0. The van der Waals surface area contributed by atoms with Crippen LogP contribution in [0.2, 0.25) is 0 Å². The number of allylic oxidation sites excluding steroid dienone is 2. The molecule has 0 spiro atoms. The summed E-state index contributed by atoms with van der Waals surface area (Å²) in [5.74, 6) is 0.832. The zero-order chi connectivity index (χ0) is 26.0. The van der Waals surface area contributed by atoms with Crippen LogP contribution in [0.15, 0.2) is 22.1 Å². The summed E-state index contributed by atoms with van der Waals surface area (Å²) in [6.07, 6.45) is 38.4. The predicted octanol–water partition coefficient (Wildman–Crippen LogP) is 5.50. The van der Waals surface area contributed by atoms with Gasteiger partial charge in [0.05, 0.1) is 18.1 Å². The summed E-state index contributed by atoms with van der Waals surface area (Å²) in [4.78, 5) is 25.2. The Morgan fingerprint density at radius 3 is 1.42 bits per heavy atom. The van der Waals surface area contributed by atoms with Crippen LogP contribution in [0, 0.1) is 127 Å². The Balaban J connectivity index is 0.000000945. The van der Waals surface area contributed by atoms with E-state index in [4.69, 9.17) is 9.47 Å². The van der Waals surface area contributed by atoms with Gasteiger partial charge in [0.2, 0.25) is 0 Å². The molecule has 0 heterocycles. The number of carbonyl (C=O) groups excluding carboxylic acids is 2.